The molecule has 1 aromatic carbocycles. The van der Waals surface area contributed by atoms with Gasteiger partial charge < -0.3 is 15.1 Å². The van der Waals surface area contributed by atoms with Crippen molar-refractivity contribution in [1.29, 1.82) is 0 Å². The van der Waals surface area contributed by atoms with Gasteiger partial charge in [-0.25, -0.2) is 9.97 Å². The lowest BCUT2D eigenvalue weighted by Crippen LogP contribution is -2.42. The lowest BCUT2D eigenvalue weighted by atomic mass is 10.2. The number of furan rings is 1. The van der Waals surface area contributed by atoms with Crippen molar-refractivity contribution in [3.63, 3.8) is 0 Å². The third-order valence-electron chi connectivity index (χ3n) is 4.61. The van der Waals surface area contributed by atoms with Crippen LogP contribution >= 0.6 is 0 Å². The molecule has 1 atom stereocenters. The Morgan fingerprint density at radius 3 is 2.88 bits per heavy atom. The summed E-state index contributed by atoms with van der Waals surface area (Å²) in [5.74, 6) is 0.537. The third-order valence-corrected chi connectivity index (χ3v) is 4.61. The minimum atomic E-state index is -0.392. The van der Waals surface area contributed by atoms with E-state index >= 15 is 0 Å². The zero-order chi connectivity index (χ0) is 16.5. The van der Waals surface area contributed by atoms with E-state index in [1.165, 1.54) is 19.2 Å². The summed E-state index contributed by atoms with van der Waals surface area (Å²) in [6.07, 6.45) is 6.02. The van der Waals surface area contributed by atoms with Gasteiger partial charge in [0.2, 0.25) is 5.91 Å². The predicted octanol–water partition coefficient (Wildman–Crippen LogP) is 3.24. The zero-order valence-corrected chi connectivity index (χ0v) is 13.6. The van der Waals surface area contributed by atoms with Crippen molar-refractivity contribution in [2.45, 2.75) is 44.7 Å². The molecule has 4 rings (SSSR count). The molecule has 1 fully saturated rings. The van der Waals surface area contributed by atoms with Gasteiger partial charge in [-0.2, -0.15) is 0 Å². The second-order valence-electron chi connectivity index (χ2n) is 6.35. The van der Waals surface area contributed by atoms with E-state index in [9.17, 15) is 4.79 Å². The van der Waals surface area contributed by atoms with Gasteiger partial charge in [0.1, 0.15) is 23.5 Å². The van der Waals surface area contributed by atoms with Crippen molar-refractivity contribution in [2.75, 3.05) is 5.32 Å². The highest BCUT2D eigenvalue weighted by Gasteiger charge is 2.22. The van der Waals surface area contributed by atoms with Crippen LogP contribution in [0, 0.1) is 0 Å². The first-order valence-corrected chi connectivity index (χ1v) is 8.41. The molecule has 6 nitrogen and oxygen atoms in total. The Hall–Kier alpha value is -2.63. The standard InChI is InChI=1S/C18H20N4O2/c1-11(18(23)22-12-6-2-3-7-12)21-17-16-15(19-10-20-17)13-8-4-5-9-14(13)24-16/h4-5,8-12H,2-3,6-7H2,1H3,(H,22,23)(H,19,20,21). The predicted molar refractivity (Wildman–Crippen MR) is 92.8 cm³/mol. The number of fused-ring (bicyclic) bond motifs is 3. The van der Waals surface area contributed by atoms with Gasteiger partial charge >= 0.3 is 0 Å². The van der Waals surface area contributed by atoms with Gasteiger partial charge in [0.25, 0.3) is 0 Å². The fourth-order valence-electron chi connectivity index (χ4n) is 3.29. The van der Waals surface area contributed by atoms with Crippen molar-refractivity contribution in [1.82, 2.24) is 15.3 Å². The molecule has 0 saturated heterocycles. The van der Waals surface area contributed by atoms with Crippen molar-refractivity contribution in [3.05, 3.63) is 30.6 Å². The summed E-state index contributed by atoms with van der Waals surface area (Å²) in [6.45, 7) is 1.83. The van der Waals surface area contributed by atoms with E-state index in [1.807, 2.05) is 31.2 Å². The molecule has 0 bridgehead atoms. The van der Waals surface area contributed by atoms with Crippen LogP contribution in [0.5, 0.6) is 0 Å². The van der Waals surface area contributed by atoms with Crippen LogP contribution in [0.25, 0.3) is 22.1 Å². The van der Waals surface area contributed by atoms with E-state index in [0.29, 0.717) is 17.4 Å². The van der Waals surface area contributed by atoms with Crippen LogP contribution in [0.15, 0.2) is 35.0 Å². The lowest BCUT2D eigenvalue weighted by molar-refractivity contribution is -0.122. The first-order valence-electron chi connectivity index (χ1n) is 8.41. The van der Waals surface area contributed by atoms with E-state index in [2.05, 4.69) is 20.6 Å². The Morgan fingerprint density at radius 1 is 1.25 bits per heavy atom. The number of aromatic nitrogens is 2. The number of hydrogen-bond donors (Lipinski definition) is 2. The topological polar surface area (TPSA) is 80.1 Å². The third kappa shape index (κ3) is 2.68. The molecule has 0 spiro atoms. The van der Waals surface area contributed by atoms with Gasteiger partial charge in [-0.15, -0.1) is 0 Å². The van der Waals surface area contributed by atoms with E-state index in [0.717, 1.165) is 29.3 Å². The summed E-state index contributed by atoms with van der Waals surface area (Å²) in [4.78, 5) is 20.9. The SMILES string of the molecule is CC(Nc1ncnc2c1oc1ccccc12)C(=O)NC1CCCC1. The zero-order valence-electron chi connectivity index (χ0n) is 13.6. The summed E-state index contributed by atoms with van der Waals surface area (Å²) in [6, 6.07) is 7.65. The number of carbonyl (C=O) groups excluding carboxylic acids is 1. The molecule has 6 heteroatoms. The van der Waals surface area contributed by atoms with Crippen LogP contribution in [0.1, 0.15) is 32.6 Å². The van der Waals surface area contributed by atoms with Crippen LogP contribution in [0.3, 0.4) is 0 Å². The number of amides is 1. The highest BCUT2D eigenvalue weighted by Crippen LogP contribution is 2.30. The van der Waals surface area contributed by atoms with Crippen LogP contribution in [0.2, 0.25) is 0 Å². The minimum Gasteiger partial charge on any atom is -0.450 e. The molecule has 2 heterocycles. The second kappa shape index (κ2) is 6.11. The van der Waals surface area contributed by atoms with Crippen LogP contribution in [-0.4, -0.2) is 28.0 Å². The molecule has 124 valence electrons. The van der Waals surface area contributed by atoms with E-state index < -0.39 is 6.04 Å². The fourth-order valence-corrected chi connectivity index (χ4v) is 3.29. The number of benzene rings is 1. The Morgan fingerprint density at radius 2 is 2.04 bits per heavy atom. The normalized spacial score (nSPS) is 16.5. The van der Waals surface area contributed by atoms with Crippen LogP contribution in [0.4, 0.5) is 5.82 Å². The Bertz CT molecular complexity index is 883. The van der Waals surface area contributed by atoms with Crippen LogP contribution < -0.4 is 10.6 Å². The Balaban J connectivity index is 1.58. The lowest BCUT2D eigenvalue weighted by Gasteiger charge is -2.18. The van der Waals surface area contributed by atoms with E-state index in [4.69, 9.17) is 4.42 Å². The Labute approximate surface area is 139 Å². The maximum absolute atomic E-state index is 12.4. The summed E-state index contributed by atoms with van der Waals surface area (Å²) in [5, 5.41) is 7.21. The molecule has 24 heavy (non-hydrogen) atoms. The van der Waals surface area contributed by atoms with Crippen molar-refractivity contribution in [2.24, 2.45) is 0 Å². The first kappa shape index (κ1) is 14.9. The molecule has 1 aliphatic rings. The number of nitrogens with zero attached hydrogens (tertiary/aromatic N) is 2. The summed E-state index contributed by atoms with van der Waals surface area (Å²) < 4.78 is 5.88. The van der Waals surface area contributed by atoms with Crippen LogP contribution in [-0.2, 0) is 4.79 Å². The molecule has 3 aromatic rings. The molecule has 1 amide bonds. The van der Waals surface area contributed by atoms with Gasteiger partial charge in [-0.05, 0) is 31.9 Å². The van der Waals surface area contributed by atoms with E-state index in [-0.39, 0.29) is 5.91 Å². The number of rotatable bonds is 4. The maximum atomic E-state index is 12.4. The largest absolute Gasteiger partial charge is 0.450 e. The first-order chi connectivity index (χ1) is 11.7. The molecule has 1 saturated carbocycles. The molecule has 2 N–H and O–H groups in total. The Kier molecular flexibility index (Phi) is 3.80. The second-order valence-corrected chi connectivity index (χ2v) is 6.35. The molecule has 0 radical (unpaired) electrons. The average Bonchev–Trinajstić information content (AvgIpc) is 3.22. The highest BCUT2D eigenvalue weighted by atomic mass is 16.3. The molecule has 2 aromatic heterocycles. The molecular formula is C18H20N4O2. The number of carbonyl (C=O) groups is 1. The number of nitrogens with one attached hydrogen (secondary N) is 2. The summed E-state index contributed by atoms with van der Waals surface area (Å²) in [7, 11) is 0. The molecule has 1 aliphatic carbocycles. The quantitative estimate of drug-likeness (QED) is 0.770. The molecular weight excluding hydrogens is 304 g/mol. The van der Waals surface area contributed by atoms with Crippen molar-refractivity contribution >= 4 is 33.8 Å². The summed E-state index contributed by atoms with van der Waals surface area (Å²) in [5.41, 5.74) is 2.10. The number of anilines is 1. The minimum absolute atomic E-state index is 0.00947. The monoisotopic (exact) mass is 324 g/mol. The van der Waals surface area contributed by atoms with Gasteiger partial charge in [0.05, 0.1) is 0 Å². The maximum Gasteiger partial charge on any atom is 0.242 e. The fraction of sp³-hybridized carbons (Fsp3) is 0.389. The number of hydrogen-bond acceptors (Lipinski definition) is 5. The smallest absolute Gasteiger partial charge is 0.242 e. The van der Waals surface area contributed by atoms with Gasteiger partial charge in [0, 0.05) is 11.4 Å². The van der Waals surface area contributed by atoms with Gasteiger partial charge in [0.15, 0.2) is 11.4 Å². The van der Waals surface area contributed by atoms with Gasteiger partial charge in [-0.1, -0.05) is 25.0 Å². The number of para-hydroxylation sites is 1. The van der Waals surface area contributed by atoms with Crippen molar-refractivity contribution < 1.29 is 9.21 Å². The summed E-state index contributed by atoms with van der Waals surface area (Å²) >= 11 is 0. The van der Waals surface area contributed by atoms with E-state index in [1.54, 1.807) is 0 Å². The molecule has 1 unspecified atom stereocenters. The molecule has 0 aliphatic heterocycles. The average molecular weight is 324 g/mol. The highest BCUT2D eigenvalue weighted by molar-refractivity contribution is 6.05. The van der Waals surface area contributed by atoms with Crippen molar-refractivity contribution in [3.8, 4) is 0 Å². The van der Waals surface area contributed by atoms with Gasteiger partial charge in [-0.3, -0.25) is 4.79 Å².